The first-order valence-electron chi connectivity index (χ1n) is 11.4. The molecule has 162 valence electrons. The average molecular weight is 469 g/mol. The number of rotatable bonds is 3. The zero-order chi connectivity index (χ0) is 20.6. The van der Waals surface area contributed by atoms with Gasteiger partial charge in [0.1, 0.15) is 6.61 Å². The van der Waals surface area contributed by atoms with E-state index in [1.165, 1.54) is 6.92 Å². The van der Waals surface area contributed by atoms with E-state index in [0.717, 1.165) is 58.0 Å². The van der Waals surface area contributed by atoms with Crippen molar-refractivity contribution in [3.63, 3.8) is 0 Å². The van der Waals surface area contributed by atoms with Crippen molar-refractivity contribution in [1.29, 1.82) is 0 Å². The van der Waals surface area contributed by atoms with E-state index >= 15 is 0 Å². The molecule has 0 unspecified atom stereocenters. The predicted molar refractivity (Wildman–Crippen MR) is 110 cm³/mol. The molecule has 0 spiro atoms. The summed E-state index contributed by atoms with van der Waals surface area (Å²) in [6.45, 7) is 4.42. The Morgan fingerprint density at radius 3 is 2.72 bits per heavy atom. The maximum Gasteiger partial charge on any atom is 0.303 e. The number of hydrogen-bond donors (Lipinski definition) is 1. The fourth-order valence-corrected chi connectivity index (χ4v) is 9.81. The number of alkyl halides is 1. The second-order valence-corrected chi connectivity index (χ2v) is 12.2. The number of halogens is 1. The number of carbonyl (C=O) groups excluding carboxylic acids is 2. The molecule has 0 aromatic heterocycles. The first kappa shape index (κ1) is 20.4. The van der Waals surface area contributed by atoms with E-state index < -0.39 is 0 Å². The molecule has 5 rings (SSSR count). The highest BCUT2D eigenvalue weighted by Gasteiger charge is 2.72. The lowest BCUT2D eigenvalue weighted by molar-refractivity contribution is -0.150. The van der Waals surface area contributed by atoms with Crippen molar-refractivity contribution in [2.24, 2.45) is 34.5 Å². The van der Waals surface area contributed by atoms with Gasteiger partial charge in [-0.3, -0.25) is 9.59 Å². The third kappa shape index (κ3) is 2.70. The highest BCUT2D eigenvalue weighted by molar-refractivity contribution is 9.10. The summed E-state index contributed by atoms with van der Waals surface area (Å²) in [6, 6.07) is 0. The van der Waals surface area contributed by atoms with E-state index in [4.69, 9.17) is 9.47 Å². The Morgan fingerprint density at radius 1 is 1.17 bits per heavy atom. The monoisotopic (exact) mass is 468 g/mol. The van der Waals surface area contributed by atoms with E-state index in [9.17, 15) is 14.7 Å². The van der Waals surface area contributed by atoms with Crippen molar-refractivity contribution in [2.75, 3.05) is 13.2 Å². The summed E-state index contributed by atoms with van der Waals surface area (Å²) in [7, 11) is 0. The fourth-order valence-electron chi connectivity index (χ4n) is 8.51. The smallest absolute Gasteiger partial charge is 0.303 e. The largest absolute Gasteiger partial charge is 0.458 e. The molecule has 2 bridgehead atoms. The van der Waals surface area contributed by atoms with E-state index in [0.29, 0.717) is 17.8 Å². The summed E-state index contributed by atoms with van der Waals surface area (Å²) in [5.41, 5.74) is 0.135. The Labute approximate surface area is 181 Å². The molecule has 0 aromatic rings. The van der Waals surface area contributed by atoms with Crippen molar-refractivity contribution >= 4 is 27.7 Å². The second kappa shape index (κ2) is 6.77. The predicted octanol–water partition coefficient (Wildman–Crippen LogP) is 3.64. The van der Waals surface area contributed by atoms with Crippen LogP contribution in [0.4, 0.5) is 0 Å². The summed E-state index contributed by atoms with van der Waals surface area (Å²) in [6.07, 6.45) is 7.89. The zero-order valence-electron chi connectivity index (χ0n) is 17.5. The Morgan fingerprint density at radius 2 is 1.97 bits per heavy atom. The lowest BCUT2D eigenvalue weighted by atomic mass is 9.44. The Bertz CT molecular complexity index is 726. The normalized spacial score (nSPS) is 53.0. The zero-order valence-corrected chi connectivity index (χ0v) is 19.1. The molecule has 6 heteroatoms. The molecule has 0 aromatic carbocycles. The Balaban J connectivity index is 1.41. The molecule has 5 nitrogen and oxygen atoms in total. The second-order valence-electron chi connectivity index (χ2n) is 10.7. The summed E-state index contributed by atoms with van der Waals surface area (Å²) >= 11 is 4.13. The Hall–Kier alpha value is -0.460. The third-order valence-electron chi connectivity index (χ3n) is 9.78. The van der Waals surface area contributed by atoms with Gasteiger partial charge < -0.3 is 14.6 Å². The Kier molecular flexibility index (Phi) is 4.77. The van der Waals surface area contributed by atoms with E-state index in [1.807, 2.05) is 0 Å². The molecule has 29 heavy (non-hydrogen) atoms. The number of ketones is 1. The molecule has 4 saturated carbocycles. The van der Waals surface area contributed by atoms with Crippen molar-refractivity contribution < 1.29 is 24.2 Å². The van der Waals surface area contributed by atoms with E-state index in [2.05, 4.69) is 22.9 Å². The molecule has 5 aliphatic rings. The topological polar surface area (TPSA) is 72.8 Å². The molecular weight excluding hydrogens is 436 g/mol. The highest BCUT2D eigenvalue weighted by atomic mass is 79.9. The average Bonchev–Trinajstić information content (AvgIpc) is 3.08. The van der Waals surface area contributed by atoms with Crippen LogP contribution in [0, 0.1) is 34.5 Å². The minimum atomic E-state index is -0.380. The number of esters is 1. The van der Waals surface area contributed by atoms with Gasteiger partial charge in [-0.25, -0.2) is 0 Å². The summed E-state index contributed by atoms with van der Waals surface area (Å²) in [5.74, 6) is 1.47. The van der Waals surface area contributed by atoms with Crippen LogP contribution in [0.25, 0.3) is 0 Å². The molecule has 1 N–H and O–H groups in total. The summed E-state index contributed by atoms with van der Waals surface area (Å²) in [5, 5.41) is 10.4. The number of ether oxygens (including phenoxy) is 2. The number of hydrogen-bond acceptors (Lipinski definition) is 5. The maximum absolute atomic E-state index is 12.9. The van der Waals surface area contributed by atoms with Gasteiger partial charge in [-0.2, -0.15) is 0 Å². The molecule has 1 saturated heterocycles. The van der Waals surface area contributed by atoms with Gasteiger partial charge in [0, 0.05) is 18.3 Å². The van der Waals surface area contributed by atoms with Crippen molar-refractivity contribution in [2.45, 2.75) is 81.7 Å². The van der Waals surface area contributed by atoms with Gasteiger partial charge in [0.25, 0.3) is 0 Å². The first-order chi connectivity index (χ1) is 13.7. The van der Waals surface area contributed by atoms with Gasteiger partial charge in [0.05, 0.1) is 23.1 Å². The number of aliphatic hydroxyl groups is 1. The van der Waals surface area contributed by atoms with Gasteiger partial charge in [0.2, 0.25) is 0 Å². The van der Waals surface area contributed by atoms with Crippen molar-refractivity contribution in [3.05, 3.63) is 0 Å². The molecule has 4 aliphatic carbocycles. The van der Waals surface area contributed by atoms with Crippen LogP contribution in [0.1, 0.15) is 65.2 Å². The van der Waals surface area contributed by atoms with Gasteiger partial charge >= 0.3 is 5.97 Å². The van der Waals surface area contributed by atoms with Crippen LogP contribution in [0.15, 0.2) is 0 Å². The van der Waals surface area contributed by atoms with Gasteiger partial charge in [-0.15, -0.1) is 0 Å². The fraction of sp³-hybridized carbons (Fsp3) is 0.913. The first-order valence-corrected chi connectivity index (χ1v) is 12.2. The van der Waals surface area contributed by atoms with Crippen molar-refractivity contribution in [3.8, 4) is 0 Å². The van der Waals surface area contributed by atoms with Crippen LogP contribution in [-0.2, 0) is 19.1 Å². The molecule has 5 fully saturated rings. The number of aliphatic hydroxyl groups excluding tert-OH is 1. The number of fused-ring (bicyclic) bond motifs is 3. The van der Waals surface area contributed by atoms with Crippen LogP contribution in [0.2, 0.25) is 0 Å². The highest BCUT2D eigenvalue weighted by Crippen LogP contribution is 2.72. The van der Waals surface area contributed by atoms with Crippen molar-refractivity contribution in [1.82, 2.24) is 0 Å². The lowest BCUT2D eigenvalue weighted by Gasteiger charge is -2.62. The van der Waals surface area contributed by atoms with Gasteiger partial charge in [-0.05, 0) is 74.5 Å². The molecule has 0 amide bonds. The molecule has 9 atom stereocenters. The number of Topliss-reactive ketones (excluding diaryl/α,β-unsaturated/α-hetero) is 1. The quantitative estimate of drug-likeness (QED) is 0.505. The summed E-state index contributed by atoms with van der Waals surface area (Å²) in [4.78, 5) is 24.1. The van der Waals surface area contributed by atoms with Crippen LogP contribution >= 0.6 is 15.9 Å². The lowest BCUT2D eigenvalue weighted by Crippen LogP contribution is -2.63. The van der Waals surface area contributed by atoms with E-state index in [-0.39, 0.29) is 51.6 Å². The standard InChI is InChI=1S/C23H33BrO5/c1-13(25)28-11-19(27)18-4-3-16-15-9-20-23(24)10-14(26)5-8-22(23,12-29-20)17(15)6-7-21(16,18)2/h14-18,20,26H,3-12H2,1-2H3/t14-,15-,16-,17-,18+,20-,21-,22-,23-/m0/s1. The van der Waals surface area contributed by atoms with Crippen LogP contribution < -0.4 is 0 Å². The number of carbonyl (C=O) groups is 2. The van der Waals surface area contributed by atoms with E-state index in [1.54, 1.807) is 0 Å². The van der Waals surface area contributed by atoms with Gasteiger partial charge in [-0.1, -0.05) is 22.9 Å². The summed E-state index contributed by atoms with van der Waals surface area (Å²) < 4.78 is 11.4. The molecular formula is C23H33BrO5. The minimum absolute atomic E-state index is 0.00713. The van der Waals surface area contributed by atoms with Crippen LogP contribution in [0.3, 0.4) is 0 Å². The van der Waals surface area contributed by atoms with Crippen LogP contribution in [-0.4, -0.2) is 46.6 Å². The van der Waals surface area contributed by atoms with Crippen LogP contribution in [0.5, 0.6) is 0 Å². The minimum Gasteiger partial charge on any atom is -0.458 e. The molecule has 0 radical (unpaired) electrons. The third-order valence-corrected chi connectivity index (χ3v) is 11.4. The molecule has 1 heterocycles. The van der Waals surface area contributed by atoms with Gasteiger partial charge in [0.15, 0.2) is 5.78 Å². The maximum atomic E-state index is 12.9. The SMILES string of the molecule is CC(=O)OCC(=O)[C@H]1CC[C@H]2[C@@H]3C[C@@H]4OC[C@@]5(CC[C@H](O)C[C@]45Br)[C@H]3CC[C@]12C. The molecule has 1 aliphatic heterocycles.